The van der Waals surface area contributed by atoms with Crippen LogP contribution >= 0.6 is 22.9 Å². The molecule has 0 saturated carbocycles. The predicted octanol–water partition coefficient (Wildman–Crippen LogP) is 2.98. The molecule has 8 heteroatoms. The minimum Gasteiger partial charge on any atom is -0.493 e. The summed E-state index contributed by atoms with van der Waals surface area (Å²) in [6.45, 7) is 3.86. The van der Waals surface area contributed by atoms with E-state index >= 15 is 0 Å². The molecule has 0 unspecified atom stereocenters. The lowest BCUT2D eigenvalue weighted by Gasteiger charge is -2.04. The monoisotopic (exact) mass is 321 g/mol. The molecule has 0 saturated heterocycles. The standard InChI is InChI=1S/C13H12ClN5OS/c1-6-11(7(2)19(3)18-6)8-4-10(20)17-12(15-8)13-16-9(14)5-21-13/h4-5H,1-3H3,(H,15,17,20). The highest BCUT2D eigenvalue weighted by molar-refractivity contribution is 7.13. The second-order valence-electron chi connectivity index (χ2n) is 4.58. The molecule has 0 spiro atoms. The highest BCUT2D eigenvalue weighted by atomic mass is 35.5. The molecule has 0 aliphatic rings. The Morgan fingerprint density at radius 1 is 1.24 bits per heavy atom. The van der Waals surface area contributed by atoms with Gasteiger partial charge in [0.25, 0.3) is 0 Å². The molecule has 0 bridgehead atoms. The summed E-state index contributed by atoms with van der Waals surface area (Å²) in [6, 6.07) is 1.52. The molecule has 21 heavy (non-hydrogen) atoms. The number of aryl methyl sites for hydroxylation is 2. The smallest absolute Gasteiger partial charge is 0.215 e. The van der Waals surface area contributed by atoms with Gasteiger partial charge in [-0.05, 0) is 13.8 Å². The number of halogens is 1. The van der Waals surface area contributed by atoms with Crippen LogP contribution in [0.25, 0.3) is 22.1 Å². The first-order valence-corrected chi connectivity index (χ1v) is 7.41. The third kappa shape index (κ3) is 2.50. The van der Waals surface area contributed by atoms with E-state index in [1.807, 2.05) is 20.9 Å². The first-order chi connectivity index (χ1) is 9.95. The van der Waals surface area contributed by atoms with Crippen molar-refractivity contribution in [3.63, 3.8) is 0 Å². The second kappa shape index (κ2) is 5.09. The fourth-order valence-electron chi connectivity index (χ4n) is 2.16. The Bertz CT molecular complexity index is 826. The number of hydrogen-bond acceptors (Lipinski definition) is 6. The van der Waals surface area contributed by atoms with E-state index in [2.05, 4.69) is 20.1 Å². The lowest BCUT2D eigenvalue weighted by Crippen LogP contribution is -1.95. The van der Waals surface area contributed by atoms with Gasteiger partial charge in [0.1, 0.15) is 5.15 Å². The Morgan fingerprint density at radius 3 is 2.57 bits per heavy atom. The van der Waals surface area contributed by atoms with E-state index in [-0.39, 0.29) is 5.88 Å². The molecule has 3 aromatic heterocycles. The Labute approximate surface area is 130 Å². The molecule has 3 heterocycles. The minimum atomic E-state index is -0.107. The van der Waals surface area contributed by atoms with Crippen molar-refractivity contribution in [2.24, 2.45) is 7.05 Å². The molecule has 0 atom stereocenters. The van der Waals surface area contributed by atoms with Crippen molar-refractivity contribution in [1.29, 1.82) is 0 Å². The summed E-state index contributed by atoms with van der Waals surface area (Å²) in [4.78, 5) is 12.6. The lowest BCUT2D eigenvalue weighted by molar-refractivity contribution is 0.453. The van der Waals surface area contributed by atoms with Gasteiger partial charge in [-0.25, -0.2) is 9.97 Å². The maximum atomic E-state index is 9.88. The van der Waals surface area contributed by atoms with Crippen LogP contribution in [0.15, 0.2) is 11.4 Å². The van der Waals surface area contributed by atoms with Gasteiger partial charge in [-0.1, -0.05) is 11.6 Å². The predicted molar refractivity (Wildman–Crippen MR) is 81.5 cm³/mol. The molecule has 0 fully saturated rings. The number of nitrogens with zero attached hydrogens (tertiary/aromatic N) is 5. The van der Waals surface area contributed by atoms with E-state index in [1.54, 1.807) is 10.1 Å². The fraction of sp³-hybridized carbons (Fsp3) is 0.231. The van der Waals surface area contributed by atoms with Gasteiger partial charge < -0.3 is 5.11 Å². The summed E-state index contributed by atoms with van der Waals surface area (Å²) >= 11 is 7.16. The van der Waals surface area contributed by atoms with Gasteiger partial charge in [-0.2, -0.15) is 10.1 Å². The normalized spacial score (nSPS) is 11.0. The third-order valence-corrected chi connectivity index (χ3v) is 4.31. The Kier molecular flexibility index (Phi) is 3.38. The highest BCUT2D eigenvalue weighted by Gasteiger charge is 2.17. The summed E-state index contributed by atoms with van der Waals surface area (Å²) in [7, 11) is 1.87. The van der Waals surface area contributed by atoms with E-state index in [9.17, 15) is 5.11 Å². The summed E-state index contributed by atoms with van der Waals surface area (Å²) in [5.41, 5.74) is 3.32. The Balaban J connectivity index is 2.18. The average molecular weight is 322 g/mol. The van der Waals surface area contributed by atoms with Crippen LogP contribution in [0.4, 0.5) is 0 Å². The van der Waals surface area contributed by atoms with Crippen LogP contribution in [-0.2, 0) is 7.05 Å². The SMILES string of the molecule is Cc1nn(C)c(C)c1-c1cc(O)nc(-c2nc(Cl)cs2)n1. The summed E-state index contributed by atoms with van der Waals surface area (Å²) in [6.07, 6.45) is 0. The van der Waals surface area contributed by atoms with Gasteiger partial charge in [-0.3, -0.25) is 4.68 Å². The summed E-state index contributed by atoms with van der Waals surface area (Å²) < 4.78 is 1.78. The molecule has 0 aliphatic heterocycles. The largest absolute Gasteiger partial charge is 0.493 e. The molecule has 3 aromatic rings. The number of thiazole rings is 1. The Morgan fingerprint density at radius 2 is 2.00 bits per heavy atom. The van der Waals surface area contributed by atoms with Crippen molar-refractivity contribution in [2.45, 2.75) is 13.8 Å². The van der Waals surface area contributed by atoms with Crippen LogP contribution in [0.5, 0.6) is 5.88 Å². The van der Waals surface area contributed by atoms with Crippen molar-refractivity contribution in [1.82, 2.24) is 24.7 Å². The second-order valence-corrected chi connectivity index (χ2v) is 5.83. The van der Waals surface area contributed by atoms with Crippen molar-refractivity contribution < 1.29 is 5.11 Å². The van der Waals surface area contributed by atoms with Gasteiger partial charge in [0.05, 0.1) is 11.4 Å². The lowest BCUT2D eigenvalue weighted by atomic mass is 10.1. The number of aromatic nitrogens is 5. The molecule has 0 amide bonds. The molecule has 6 nitrogen and oxygen atoms in total. The van der Waals surface area contributed by atoms with Gasteiger partial charge in [0, 0.05) is 29.8 Å². The average Bonchev–Trinajstić information content (AvgIpc) is 2.94. The molecule has 108 valence electrons. The maximum absolute atomic E-state index is 9.88. The molecule has 0 aliphatic carbocycles. The third-order valence-electron chi connectivity index (χ3n) is 3.15. The van der Waals surface area contributed by atoms with Gasteiger partial charge in [0.15, 0.2) is 10.8 Å². The summed E-state index contributed by atoms with van der Waals surface area (Å²) in [5.74, 6) is 0.244. The van der Waals surface area contributed by atoms with Crippen LogP contribution in [0, 0.1) is 13.8 Å². The topological polar surface area (TPSA) is 76.7 Å². The first-order valence-electron chi connectivity index (χ1n) is 6.15. The van der Waals surface area contributed by atoms with Crippen LogP contribution in [0.2, 0.25) is 5.15 Å². The zero-order valence-electron chi connectivity index (χ0n) is 11.6. The molecular weight excluding hydrogens is 310 g/mol. The van der Waals surface area contributed by atoms with Crippen molar-refractivity contribution in [2.75, 3.05) is 0 Å². The number of aromatic hydroxyl groups is 1. The van der Waals surface area contributed by atoms with E-state index in [4.69, 9.17) is 11.6 Å². The fourth-order valence-corrected chi connectivity index (χ4v) is 3.04. The van der Waals surface area contributed by atoms with E-state index in [0.29, 0.717) is 21.7 Å². The number of rotatable bonds is 2. The van der Waals surface area contributed by atoms with Crippen LogP contribution in [0.3, 0.4) is 0 Å². The molecular formula is C13H12ClN5OS. The zero-order valence-corrected chi connectivity index (χ0v) is 13.2. The highest BCUT2D eigenvalue weighted by Crippen LogP contribution is 2.30. The zero-order chi connectivity index (χ0) is 15.1. The van der Waals surface area contributed by atoms with Gasteiger partial charge >= 0.3 is 0 Å². The maximum Gasteiger partial charge on any atom is 0.215 e. The number of hydrogen-bond donors (Lipinski definition) is 1. The van der Waals surface area contributed by atoms with Crippen molar-refractivity contribution >= 4 is 22.9 Å². The molecule has 1 N–H and O–H groups in total. The van der Waals surface area contributed by atoms with E-state index in [1.165, 1.54) is 17.4 Å². The van der Waals surface area contributed by atoms with E-state index in [0.717, 1.165) is 17.0 Å². The quantitative estimate of drug-likeness (QED) is 0.785. The minimum absolute atomic E-state index is 0.107. The van der Waals surface area contributed by atoms with Crippen LogP contribution < -0.4 is 0 Å². The summed E-state index contributed by atoms with van der Waals surface area (Å²) in [5, 5.41) is 16.9. The van der Waals surface area contributed by atoms with E-state index < -0.39 is 0 Å². The van der Waals surface area contributed by atoms with Crippen LogP contribution in [-0.4, -0.2) is 29.8 Å². The molecule has 0 aromatic carbocycles. The van der Waals surface area contributed by atoms with Crippen molar-refractivity contribution in [3.05, 3.63) is 28.0 Å². The molecule has 3 rings (SSSR count). The van der Waals surface area contributed by atoms with Gasteiger partial charge in [0.2, 0.25) is 5.88 Å². The van der Waals surface area contributed by atoms with Crippen LogP contribution in [0.1, 0.15) is 11.4 Å². The Hall–Kier alpha value is -1.99. The van der Waals surface area contributed by atoms with Crippen molar-refractivity contribution in [3.8, 4) is 28.0 Å². The first kappa shape index (κ1) is 14.0. The molecule has 0 radical (unpaired) electrons. The van der Waals surface area contributed by atoms with Gasteiger partial charge in [-0.15, -0.1) is 11.3 Å².